The number of ether oxygens (including phenoxy) is 4. The third-order valence-electron chi connectivity index (χ3n) is 3.74. The van der Waals surface area contributed by atoms with E-state index < -0.39 is 107 Å². The maximum absolute atomic E-state index is 12.2. The molecule has 0 spiro atoms. The largest absolute Gasteiger partial charge is 0.481 e. The van der Waals surface area contributed by atoms with Crippen LogP contribution < -0.4 is 11.5 Å². The lowest BCUT2D eigenvalue weighted by atomic mass is 10.2. The minimum atomic E-state index is -4.96. The molecule has 0 saturated heterocycles. The van der Waals surface area contributed by atoms with Crippen molar-refractivity contribution >= 4 is 43.6 Å². The molecule has 37 heavy (non-hydrogen) atoms. The van der Waals surface area contributed by atoms with Gasteiger partial charge in [-0.2, -0.15) is 0 Å². The summed E-state index contributed by atoms with van der Waals surface area (Å²) in [6, 6.07) is -3.25. The first-order valence-corrected chi connectivity index (χ1v) is 11.8. The second-order valence-electron chi connectivity index (χ2n) is 7.19. The molecule has 0 radical (unpaired) electrons. The third-order valence-corrected chi connectivity index (χ3v) is 4.69. The molecule has 0 aliphatic rings. The van der Waals surface area contributed by atoms with Crippen LogP contribution in [0.2, 0.25) is 0 Å². The molecule has 0 saturated carbocycles. The van der Waals surface area contributed by atoms with E-state index in [0.717, 1.165) is 13.8 Å². The normalized spacial score (nSPS) is 15.7. The van der Waals surface area contributed by atoms with Crippen LogP contribution >= 0.6 is 7.82 Å². The van der Waals surface area contributed by atoms with E-state index in [4.69, 9.17) is 35.9 Å². The van der Waals surface area contributed by atoms with Crippen LogP contribution in [0.15, 0.2) is 0 Å². The zero-order valence-corrected chi connectivity index (χ0v) is 20.7. The SMILES string of the molecule is CC(=O)OC[C@H](COP(=O)(O)OCC(COC(=O)[C@@H](N)CC(=O)O)OC(=O)[C@@H](N)CC(=O)O)OC(C)=O. The van der Waals surface area contributed by atoms with Gasteiger partial charge in [-0.3, -0.25) is 37.8 Å². The highest BCUT2D eigenvalue weighted by Gasteiger charge is 2.30. The first-order valence-electron chi connectivity index (χ1n) is 10.3. The molecular formula is C18H29N2O16P. The number of carboxylic acid groups (broad SMARTS) is 2. The van der Waals surface area contributed by atoms with Gasteiger partial charge in [-0.25, -0.2) is 4.57 Å². The molecule has 0 aliphatic heterocycles. The van der Waals surface area contributed by atoms with E-state index in [2.05, 4.69) is 13.8 Å². The van der Waals surface area contributed by atoms with Gasteiger partial charge in [0.15, 0.2) is 12.2 Å². The van der Waals surface area contributed by atoms with E-state index >= 15 is 0 Å². The average molecular weight is 560 g/mol. The van der Waals surface area contributed by atoms with Gasteiger partial charge in [-0.05, 0) is 0 Å². The Morgan fingerprint density at radius 1 is 0.703 bits per heavy atom. The van der Waals surface area contributed by atoms with Crippen LogP contribution in [-0.2, 0) is 61.3 Å². The van der Waals surface area contributed by atoms with Crippen LogP contribution in [0.25, 0.3) is 0 Å². The number of carbonyl (C=O) groups is 6. The van der Waals surface area contributed by atoms with Gasteiger partial charge in [0.25, 0.3) is 0 Å². The number of carboxylic acids is 2. The standard InChI is InChI=1S/C18H29N2O16P/c1-9(21)31-5-11(35-10(2)22)7-33-37(29,30)34-8-12(36-18(28)14(20)4-16(25)26)6-32-17(27)13(19)3-15(23)24/h11-14H,3-8,19-20H2,1-2H3,(H,23,24)(H,25,26)(H,29,30)/t11-,12?,13+,14+/m1/s1. The van der Waals surface area contributed by atoms with Gasteiger partial charge in [-0.1, -0.05) is 0 Å². The van der Waals surface area contributed by atoms with E-state index in [0.29, 0.717) is 0 Å². The van der Waals surface area contributed by atoms with Crippen molar-refractivity contribution in [3.63, 3.8) is 0 Å². The predicted molar refractivity (Wildman–Crippen MR) is 115 cm³/mol. The second kappa shape index (κ2) is 16.6. The number of nitrogens with two attached hydrogens (primary N) is 2. The minimum absolute atomic E-state index is 0.511. The summed E-state index contributed by atoms with van der Waals surface area (Å²) in [6.45, 7) is -1.02. The van der Waals surface area contributed by atoms with Crippen LogP contribution in [-0.4, -0.2) is 102 Å². The molecule has 0 aliphatic carbocycles. The Morgan fingerprint density at radius 3 is 1.57 bits per heavy atom. The van der Waals surface area contributed by atoms with Gasteiger partial charge in [0.05, 0.1) is 26.1 Å². The summed E-state index contributed by atoms with van der Waals surface area (Å²) in [5.74, 6) is -6.92. The monoisotopic (exact) mass is 560 g/mol. The molecule has 18 nitrogen and oxygen atoms in total. The fraction of sp³-hybridized carbons (Fsp3) is 0.667. The number of aliphatic carboxylic acids is 2. The highest BCUT2D eigenvalue weighted by atomic mass is 31.2. The Bertz CT molecular complexity index is 880. The van der Waals surface area contributed by atoms with Crippen LogP contribution in [0.1, 0.15) is 26.7 Å². The second-order valence-corrected chi connectivity index (χ2v) is 8.65. The smallest absolute Gasteiger partial charge is 0.472 e. The van der Waals surface area contributed by atoms with Crippen LogP contribution in [0.4, 0.5) is 0 Å². The fourth-order valence-corrected chi connectivity index (χ4v) is 2.93. The van der Waals surface area contributed by atoms with Crippen molar-refractivity contribution in [2.45, 2.75) is 51.0 Å². The van der Waals surface area contributed by atoms with Gasteiger partial charge in [0, 0.05) is 13.8 Å². The summed E-state index contributed by atoms with van der Waals surface area (Å²) >= 11 is 0. The maximum atomic E-state index is 12.2. The zero-order valence-electron chi connectivity index (χ0n) is 19.8. The summed E-state index contributed by atoms with van der Waals surface area (Å²) in [4.78, 5) is 77.2. The number of carbonyl (C=O) groups excluding carboxylic acids is 4. The first-order chi connectivity index (χ1) is 17.0. The van der Waals surface area contributed by atoms with Crippen LogP contribution in [0.3, 0.4) is 0 Å². The topological polar surface area (TPSA) is 288 Å². The fourth-order valence-electron chi connectivity index (χ4n) is 2.15. The van der Waals surface area contributed by atoms with E-state index in [1.54, 1.807) is 0 Å². The van der Waals surface area contributed by atoms with E-state index in [1.807, 2.05) is 0 Å². The summed E-state index contributed by atoms with van der Waals surface area (Å²) in [5, 5.41) is 17.4. The van der Waals surface area contributed by atoms with Crippen molar-refractivity contribution in [1.29, 1.82) is 0 Å². The number of phosphoric ester groups is 1. The van der Waals surface area contributed by atoms with Crippen molar-refractivity contribution in [3.8, 4) is 0 Å². The number of hydrogen-bond donors (Lipinski definition) is 5. The molecule has 0 aromatic rings. The van der Waals surface area contributed by atoms with Crippen molar-refractivity contribution < 1.29 is 76.4 Å². The average Bonchev–Trinajstić information content (AvgIpc) is 2.75. The number of hydrogen-bond acceptors (Lipinski definition) is 15. The van der Waals surface area contributed by atoms with Gasteiger partial charge < -0.3 is 45.5 Å². The lowest BCUT2D eigenvalue weighted by molar-refractivity contribution is -0.164. The van der Waals surface area contributed by atoms with Gasteiger partial charge in [-0.15, -0.1) is 0 Å². The van der Waals surface area contributed by atoms with E-state index in [1.165, 1.54) is 0 Å². The predicted octanol–water partition coefficient (Wildman–Crippen LogP) is -2.33. The zero-order chi connectivity index (χ0) is 28.8. The van der Waals surface area contributed by atoms with Crippen molar-refractivity contribution in [3.05, 3.63) is 0 Å². The van der Waals surface area contributed by atoms with Crippen molar-refractivity contribution in [2.75, 3.05) is 26.4 Å². The molecule has 5 atom stereocenters. The highest BCUT2D eigenvalue weighted by molar-refractivity contribution is 7.47. The Morgan fingerprint density at radius 2 is 1.14 bits per heavy atom. The number of phosphoric acid groups is 1. The highest BCUT2D eigenvalue weighted by Crippen LogP contribution is 2.43. The molecule has 0 fully saturated rings. The Kier molecular flexibility index (Phi) is 15.2. The quantitative estimate of drug-likeness (QED) is 0.0667. The molecule has 0 amide bonds. The van der Waals surface area contributed by atoms with E-state index in [9.17, 15) is 38.2 Å². The molecule has 212 valence electrons. The summed E-state index contributed by atoms with van der Waals surface area (Å²) in [5.41, 5.74) is 10.7. The summed E-state index contributed by atoms with van der Waals surface area (Å²) in [6.07, 6.45) is -4.57. The Hall–Kier alpha value is -3.15. The number of rotatable bonds is 18. The van der Waals surface area contributed by atoms with Gasteiger partial charge >= 0.3 is 43.6 Å². The molecule has 0 heterocycles. The molecule has 0 aromatic carbocycles. The Balaban J connectivity index is 5.22. The molecule has 19 heteroatoms. The molecular weight excluding hydrogens is 531 g/mol. The molecule has 7 N–H and O–H groups in total. The lowest BCUT2D eigenvalue weighted by Gasteiger charge is -2.22. The molecule has 0 bridgehead atoms. The lowest BCUT2D eigenvalue weighted by Crippen LogP contribution is -2.41. The summed E-state index contributed by atoms with van der Waals surface area (Å²) in [7, 11) is -4.96. The summed E-state index contributed by atoms with van der Waals surface area (Å²) < 4.78 is 40.6. The van der Waals surface area contributed by atoms with E-state index in [-0.39, 0.29) is 0 Å². The van der Waals surface area contributed by atoms with Gasteiger partial charge in [0.2, 0.25) is 0 Å². The maximum Gasteiger partial charge on any atom is 0.472 e. The van der Waals surface area contributed by atoms with Crippen molar-refractivity contribution in [2.24, 2.45) is 11.5 Å². The Labute approximate surface area is 209 Å². The minimum Gasteiger partial charge on any atom is -0.481 e. The van der Waals surface area contributed by atoms with Crippen LogP contribution in [0, 0.1) is 0 Å². The third kappa shape index (κ3) is 17.0. The van der Waals surface area contributed by atoms with Gasteiger partial charge in [0.1, 0.15) is 25.3 Å². The molecule has 0 rings (SSSR count). The van der Waals surface area contributed by atoms with Crippen LogP contribution in [0.5, 0.6) is 0 Å². The molecule has 2 unspecified atom stereocenters. The number of esters is 4. The van der Waals surface area contributed by atoms with Crippen molar-refractivity contribution in [1.82, 2.24) is 0 Å². The molecule has 0 aromatic heterocycles. The first kappa shape index (κ1) is 33.8.